The third-order valence-electron chi connectivity index (χ3n) is 2.72. The van der Waals surface area contributed by atoms with Crippen LogP contribution in [0.15, 0.2) is 36.4 Å². The number of hydrogen-bond donors (Lipinski definition) is 1. The van der Waals surface area contributed by atoms with Gasteiger partial charge in [0, 0.05) is 30.2 Å². The molecule has 0 saturated heterocycles. The molecule has 0 fully saturated rings. The summed E-state index contributed by atoms with van der Waals surface area (Å²) in [6, 6.07) is 7.12. The zero-order valence-corrected chi connectivity index (χ0v) is 13.6. The van der Waals surface area contributed by atoms with Gasteiger partial charge in [0.2, 0.25) is 5.91 Å². The molecule has 20 heavy (non-hydrogen) atoms. The summed E-state index contributed by atoms with van der Waals surface area (Å²) in [5.41, 5.74) is 1.89. The summed E-state index contributed by atoms with van der Waals surface area (Å²) >= 11 is 5.79. The van der Waals surface area contributed by atoms with Gasteiger partial charge in [0.05, 0.1) is 0 Å². The summed E-state index contributed by atoms with van der Waals surface area (Å²) in [4.78, 5) is 14.0. The van der Waals surface area contributed by atoms with Gasteiger partial charge in [-0.1, -0.05) is 30.7 Å². The summed E-state index contributed by atoms with van der Waals surface area (Å²) in [7, 11) is 0. The Bertz CT molecular complexity index is 432. The van der Waals surface area contributed by atoms with E-state index >= 15 is 0 Å². The number of nitrogens with zero attached hydrogens (tertiary/aromatic N) is 1. The monoisotopic (exact) mass is 316 g/mol. The van der Waals surface area contributed by atoms with E-state index in [2.05, 4.69) is 23.7 Å². The first kappa shape index (κ1) is 19.0. The summed E-state index contributed by atoms with van der Waals surface area (Å²) in [6.45, 7) is 10.5. The Hall–Kier alpha value is -1.03. The zero-order valence-electron chi connectivity index (χ0n) is 12.0. The van der Waals surface area contributed by atoms with E-state index in [0.29, 0.717) is 11.4 Å². The Labute approximate surface area is 132 Å². The molecule has 5 heteroatoms. The average Bonchev–Trinajstić information content (AvgIpc) is 2.37. The lowest BCUT2D eigenvalue weighted by molar-refractivity contribution is -0.116. The lowest BCUT2D eigenvalue weighted by Gasteiger charge is -2.19. The number of hydrogen-bond acceptors (Lipinski definition) is 2. The Morgan fingerprint density at radius 3 is 2.45 bits per heavy atom. The second kappa shape index (κ2) is 9.81. The lowest BCUT2D eigenvalue weighted by atomic mass is 10.2. The van der Waals surface area contributed by atoms with Crippen LogP contribution in [0.3, 0.4) is 0 Å². The van der Waals surface area contributed by atoms with Crippen molar-refractivity contribution in [1.29, 1.82) is 0 Å². The van der Waals surface area contributed by atoms with Gasteiger partial charge in [-0.3, -0.25) is 9.69 Å². The van der Waals surface area contributed by atoms with Crippen LogP contribution in [0.4, 0.5) is 5.69 Å². The highest BCUT2D eigenvalue weighted by Crippen LogP contribution is 2.13. The quantitative estimate of drug-likeness (QED) is 0.771. The Balaban J connectivity index is 0.00000361. The third-order valence-corrected chi connectivity index (χ3v) is 2.98. The molecule has 0 saturated carbocycles. The maximum atomic E-state index is 11.8. The number of rotatable bonds is 7. The molecular formula is C15H22Cl2N2O. The van der Waals surface area contributed by atoms with Crippen molar-refractivity contribution >= 4 is 35.6 Å². The number of amides is 1. The first-order valence-corrected chi connectivity index (χ1v) is 6.81. The fraction of sp³-hybridized carbons (Fsp3) is 0.400. The molecule has 0 aliphatic carbocycles. The minimum absolute atomic E-state index is 0. The molecule has 0 unspecified atom stereocenters. The van der Waals surface area contributed by atoms with Crippen LogP contribution >= 0.6 is 24.0 Å². The second-order valence-electron chi connectivity index (χ2n) is 4.63. The van der Waals surface area contributed by atoms with Crippen LogP contribution in [-0.4, -0.2) is 30.4 Å². The molecular weight excluding hydrogens is 295 g/mol. The van der Waals surface area contributed by atoms with Gasteiger partial charge in [-0.25, -0.2) is 0 Å². The maximum Gasteiger partial charge on any atom is 0.225 e. The molecule has 1 N–H and O–H groups in total. The number of halogens is 2. The van der Waals surface area contributed by atoms with Crippen LogP contribution in [0.2, 0.25) is 5.02 Å². The summed E-state index contributed by atoms with van der Waals surface area (Å²) < 4.78 is 0. The molecule has 0 aromatic heterocycles. The van der Waals surface area contributed by atoms with Crippen molar-refractivity contribution in [2.75, 3.05) is 25.0 Å². The van der Waals surface area contributed by atoms with Crippen molar-refractivity contribution in [1.82, 2.24) is 4.90 Å². The van der Waals surface area contributed by atoms with Crippen LogP contribution in [0.1, 0.15) is 20.3 Å². The summed E-state index contributed by atoms with van der Waals surface area (Å²) in [5.74, 6) is 0.0162. The molecule has 0 radical (unpaired) electrons. The van der Waals surface area contributed by atoms with Gasteiger partial charge in [-0.05, 0) is 37.7 Å². The Morgan fingerprint density at radius 2 is 1.95 bits per heavy atom. The predicted octanol–water partition coefficient (Wildman–Crippen LogP) is 3.99. The molecule has 0 bridgehead atoms. The third kappa shape index (κ3) is 7.53. The highest BCUT2D eigenvalue weighted by molar-refractivity contribution is 6.30. The fourth-order valence-corrected chi connectivity index (χ4v) is 1.87. The predicted molar refractivity (Wildman–Crippen MR) is 88.9 cm³/mol. The Morgan fingerprint density at radius 1 is 1.35 bits per heavy atom. The number of likely N-dealkylation sites (N-methyl/N-ethyl adjacent to an activating group) is 1. The topological polar surface area (TPSA) is 32.3 Å². The Kier molecular flexibility index (Phi) is 9.30. The van der Waals surface area contributed by atoms with Crippen LogP contribution in [0.25, 0.3) is 0 Å². The number of carbonyl (C=O) groups excluding carboxylic acids is 1. The van der Waals surface area contributed by atoms with E-state index < -0.39 is 0 Å². The highest BCUT2D eigenvalue weighted by Gasteiger charge is 2.07. The van der Waals surface area contributed by atoms with Crippen molar-refractivity contribution < 1.29 is 4.79 Å². The zero-order chi connectivity index (χ0) is 14.3. The minimum Gasteiger partial charge on any atom is -0.326 e. The van der Waals surface area contributed by atoms with Gasteiger partial charge in [0.25, 0.3) is 0 Å². The van der Waals surface area contributed by atoms with E-state index in [-0.39, 0.29) is 18.3 Å². The molecule has 0 spiro atoms. The smallest absolute Gasteiger partial charge is 0.225 e. The van der Waals surface area contributed by atoms with Gasteiger partial charge < -0.3 is 5.32 Å². The molecule has 0 aliphatic rings. The van der Waals surface area contributed by atoms with Gasteiger partial charge in [0.15, 0.2) is 0 Å². The number of carbonyl (C=O) groups is 1. The molecule has 1 aromatic carbocycles. The van der Waals surface area contributed by atoms with E-state index in [4.69, 9.17) is 11.6 Å². The fourth-order valence-electron chi connectivity index (χ4n) is 1.75. The van der Waals surface area contributed by atoms with Crippen molar-refractivity contribution in [2.45, 2.75) is 20.3 Å². The average molecular weight is 317 g/mol. The second-order valence-corrected chi connectivity index (χ2v) is 5.07. The molecule has 1 amide bonds. The standard InChI is InChI=1S/C15H21ClN2O.ClH/c1-4-18(11-12(2)3)10-9-15(19)17-14-7-5-13(16)6-8-14;/h5-8H,2,4,9-11H2,1,3H3,(H,17,19);1H. The van der Waals surface area contributed by atoms with Crippen LogP contribution < -0.4 is 5.32 Å². The molecule has 0 aliphatic heterocycles. The lowest BCUT2D eigenvalue weighted by Crippen LogP contribution is -2.29. The maximum absolute atomic E-state index is 11.8. The van der Waals surface area contributed by atoms with E-state index in [1.165, 1.54) is 0 Å². The van der Waals surface area contributed by atoms with Crippen LogP contribution in [0.5, 0.6) is 0 Å². The SMILES string of the molecule is C=C(C)CN(CC)CCC(=O)Nc1ccc(Cl)cc1.Cl. The van der Waals surface area contributed by atoms with Gasteiger partial charge >= 0.3 is 0 Å². The molecule has 112 valence electrons. The van der Waals surface area contributed by atoms with Crippen molar-refractivity contribution in [3.8, 4) is 0 Å². The van der Waals surface area contributed by atoms with Crippen molar-refractivity contribution in [3.05, 3.63) is 41.4 Å². The molecule has 3 nitrogen and oxygen atoms in total. The molecule has 1 aromatic rings. The van der Waals surface area contributed by atoms with E-state index in [0.717, 1.165) is 30.9 Å². The molecule has 0 heterocycles. The van der Waals surface area contributed by atoms with Crippen molar-refractivity contribution in [3.63, 3.8) is 0 Å². The highest BCUT2D eigenvalue weighted by atomic mass is 35.5. The minimum atomic E-state index is 0. The van der Waals surface area contributed by atoms with Crippen LogP contribution in [-0.2, 0) is 4.79 Å². The molecule has 0 atom stereocenters. The normalized spacial score (nSPS) is 10.0. The van der Waals surface area contributed by atoms with E-state index in [9.17, 15) is 4.79 Å². The molecule has 1 rings (SSSR count). The number of benzene rings is 1. The first-order chi connectivity index (χ1) is 9.01. The van der Waals surface area contributed by atoms with Gasteiger partial charge in [-0.15, -0.1) is 12.4 Å². The van der Waals surface area contributed by atoms with Gasteiger partial charge in [-0.2, -0.15) is 0 Å². The van der Waals surface area contributed by atoms with Crippen molar-refractivity contribution in [2.24, 2.45) is 0 Å². The van der Waals surface area contributed by atoms with Crippen LogP contribution in [0, 0.1) is 0 Å². The number of anilines is 1. The summed E-state index contributed by atoms with van der Waals surface area (Å²) in [5, 5.41) is 3.52. The largest absolute Gasteiger partial charge is 0.326 e. The first-order valence-electron chi connectivity index (χ1n) is 6.43. The van der Waals surface area contributed by atoms with Gasteiger partial charge in [0.1, 0.15) is 0 Å². The van der Waals surface area contributed by atoms with E-state index in [1.54, 1.807) is 24.3 Å². The summed E-state index contributed by atoms with van der Waals surface area (Å²) in [6.07, 6.45) is 0.476. The number of nitrogens with one attached hydrogen (secondary N) is 1. The van der Waals surface area contributed by atoms with E-state index in [1.807, 2.05) is 6.92 Å².